The van der Waals surface area contributed by atoms with Crippen LogP contribution < -0.4 is 10.1 Å². The van der Waals surface area contributed by atoms with Gasteiger partial charge in [0.05, 0.1) is 6.10 Å². The fourth-order valence-corrected chi connectivity index (χ4v) is 2.71. The van der Waals surface area contributed by atoms with Crippen molar-refractivity contribution in [2.24, 2.45) is 0 Å². The van der Waals surface area contributed by atoms with Gasteiger partial charge < -0.3 is 10.1 Å². The van der Waals surface area contributed by atoms with E-state index < -0.39 is 0 Å². The number of hydrogen-bond donors (Lipinski definition) is 1. The molecule has 1 saturated carbocycles. The highest BCUT2D eigenvalue weighted by molar-refractivity contribution is 9.10. The monoisotopic (exact) mass is 311 g/mol. The van der Waals surface area contributed by atoms with Crippen LogP contribution in [0.2, 0.25) is 0 Å². The van der Waals surface area contributed by atoms with Crippen LogP contribution >= 0.6 is 15.9 Å². The highest BCUT2D eigenvalue weighted by Crippen LogP contribution is 2.28. The summed E-state index contributed by atoms with van der Waals surface area (Å²) >= 11 is 3.53. The molecular weight excluding hydrogens is 290 g/mol. The van der Waals surface area contributed by atoms with Crippen LogP contribution in [0.25, 0.3) is 0 Å². The van der Waals surface area contributed by atoms with Crippen LogP contribution in [0.5, 0.6) is 5.75 Å². The maximum absolute atomic E-state index is 6.13. The first-order valence-electron chi connectivity index (χ1n) is 6.83. The highest BCUT2D eigenvalue weighted by atomic mass is 79.9. The molecule has 1 fully saturated rings. The smallest absolute Gasteiger partial charge is 0.124 e. The molecular formula is C15H22BrNO. The number of halogens is 1. The summed E-state index contributed by atoms with van der Waals surface area (Å²) in [5.74, 6) is 1.04. The largest absolute Gasteiger partial charge is 0.490 e. The molecule has 1 N–H and O–H groups in total. The van der Waals surface area contributed by atoms with Crippen molar-refractivity contribution in [2.75, 3.05) is 0 Å². The van der Waals surface area contributed by atoms with Gasteiger partial charge in [0.25, 0.3) is 0 Å². The van der Waals surface area contributed by atoms with E-state index in [2.05, 4.69) is 53.3 Å². The number of nitrogens with one attached hydrogen (secondary N) is 1. The van der Waals surface area contributed by atoms with Crippen molar-refractivity contribution < 1.29 is 4.74 Å². The minimum atomic E-state index is 0.420. The molecule has 0 bridgehead atoms. The normalized spacial score (nSPS) is 16.4. The molecule has 0 radical (unpaired) electrons. The van der Waals surface area contributed by atoms with Crippen molar-refractivity contribution in [1.82, 2.24) is 5.32 Å². The third-order valence-corrected chi connectivity index (χ3v) is 3.81. The Morgan fingerprint density at radius 2 is 2.06 bits per heavy atom. The number of hydrogen-bond acceptors (Lipinski definition) is 2. The summed E-state index contributed by atoms with van der Waals surface area (Å²) in [7, 11) is 0. The van der Waals surface area contributed by atoms with E-state index in [9.17, 15) is 0 Å². The lowest BCUT2D eigenvalue weighted by Gasteiger charge is -2.18. The zero-order valence-corrected chi connectivity index (χ0v) is 12.8. The molecule has 3 heteroatoms. The fourth-order valence-electron chi connectivity index (χ4n) is 2.30. The molecule has 0 saturated heterocycles. The molecule has 18 heavy (non-hydrogen) atoms. The first-order valence-corrected chi connectivity index (χ1v) is 7.63. The van der Waals surface area contributed by atoms with Gasteiger partial charge in [-0.2, -0.15) is 0 Å². The van der Waals surface area contributed by atoms with E-state index in [0.717, 1.165) is 16.8 Å². The third-order valence-electron chi connectivity index (χ3n) is 3.32. The highest BCUT2D eigenvalue weighted by Gasteiger charge is 2.18. The second-order valence-electron chi connectivity index (χ2n) is 5.31. The van der Waals surface area contributed by atoms with Gasteiger partial charge in [0.1, 0.15) is 5.75 Å². The molecule has 1 aromatic rings. The van der Waals surface area contributed by atoms with E-state index in [1.54, 1.807) is 0 Å². The van der Waals surface area contributed by atoms with Gasteiger partial charge in [-0.3, -0.25) is 0 Å². The van der Waals surface area contributed by atoms with E-state index >= 15 is 0 Å². The minimum absolute atomic E-state index is 0.420. The molecule has 0 amide bonds. The van der Waals surface area contributed by atoms with Gasteiger partial charge in [-0.1, -0.05) is 29.8 Å². The number of ether oxygens (including phenoxy) is 1. The molecule has 100 valence electrons. The predicted molar refractivity (Wildman–Crippen MR) is 79.0 cm³/mol. The summed E-state index contributed by atoms with van der Waals surface area (Å²) in [6.45, 7) is 5.18. The molecule has 1 aliphatic carbocycles. The average Bonchev–Trinajstić information content (AvgIpc) is 2.82. The Hall–Kier alpha value is -0.540. The molecule has 1 aromatic carbocycles. The summed E-state index contributed by atoms with van der Waals surface area (Å²) in [6, 6.07) is 6.78. The van der Waals surface area contributed by atoms with Crippen molar-refractivity contribution in [3.8, 4) is 5.75 Å². The summed E-state index contributed by atoms with van der Waals surface area (Å²) in [5, 5.41) is 3.45. The van der Waals surface area contributed by atoms with Crippen LogP contribution in [0.4, 0.5) is 0 Å². The molecule has 0 heterocycles. The first kappa shape index (κ1) is 13.9. The van der Waals surface area contributed by atoms with Crippen molar-refractivity contribution in [3.05, 3.63) is 28.2 Å². The Morgan fingerprint density at radius 3 is 2.72 bits per heavy atom. The fraction of sp³-hybridized carbons (Fsp3) is 0.600. The molecule has 0 spiro atoms. The van der Waals surface area contributed by atoms with E-state index in [4.69, 9.17) is 4.74 Å². The molecule has 0 aromatic heterocycles. The van der Waals surface area contributed by atoms with E-state index in [1.165, 1.54) is 31.2 Å². The van der Waals surface area contributed by atoms with Gasteiger partial charge in [-0.15, -0.1) is 0 Å². The molecule has 2 nitrogen and oxygen atoms in total. The number of rotatable bonds is 5. The lowest BCUT2D eigenvalue weighted by atomic mass is 10.2. The predicted octanol–water partition coefficient (Wildman–Crippen LogP) is 4.27. The maximum atomic E-state index is 6.13. The van der Waals surface area contributed by atoms with Crippen molar-refractivity contribution in [3.63, 3.8) is 0 Å². The van der Waals surface area contributed by atoms with Gasteiger partial charge in [0, 0.05) is 22.6 Å². The lowest BCUT2D eigenvalue weighted by Crippen LogP contribution is -2.22. The summed E-state index contributed by atoms with van der Waals surface area (Å²) in [6.07, 6.45) is 5.44. The number of benzene rings is 1. The Labute approximate surface area is 118 Å². The molecule has 0 aliphatic heterocycles. The first-order chi connectivity index (χ1) is 8.65. The van der Waals surface area contributed by atoms with Crippen LogP contribution in [0.15, 0.2) is 22.7 Å². The van der Waals surface area contributed by atoms with Crippen LogP contribution in [0.1, 0.15) is 45.1 Å². The van der Waals surface area contributed by atoms with Gasteiger partial charge in [0.2, 0.25) is 0 Å². The van der Waals surface area contributed by atoms with Gasteiger partial charge in [0.15, 0.2) is 0 Å². The van der Waals surface area contributed by atoms with Gasteiger partial charge in [-0.25, -0.2) is 0 Å². The van der Waals surface area contributed by atoms with Gasteiger partial charge in [-0.05, 0) is 43.9 Å². The third kappa shape index (κ3) is 3.99. The lowest BCUT2D eigenvalue weighted by molar-refractivity contribution is 0.207. The van der Waals surface area contributed by atoms with Crippen LogP contribution in [-0.2, 0) is 6.54 Å². The van der Waals surface area contributed by atoms with Crippen molar-refractivity contribution >= 4 is 15.9 Å². The van der Waals surface area contributed by atoms with Crippen molar-refractivity contribution in [1.29, 1.82) is 0 Å². The Morgan fingerprint density at radius 1 is 1.33 bits per heavy atom. The Bertz CT molecular complexity index is 386. The molecule has 2 rings (SSSR count). The molecule has 0 unspecified atom stereocenters. The van der Waals surface area contributed by atoms with Crippen LogP contribution in [0.3, 0.4) is 0 Å². The Kier molecular flexibility index (Phi) is 5.07. The second-order valence-corrected chi connectivity index (χ2v) is 6.23. The molecule has 0 atom stereocenters. The van der Waals surface area contributed by atoms with E-state index in [0.29, 0.717) is 12.1 Å². The van der Waals surface area contributed by atoms with Crippen LogP contribution in [-0.4, -0.2) is 12.1 Å². The van der Waals surface area contributed by atoms with Crippen molar-refractivity contribution in [2.45, 2.75) is 58.2 Å². The second kappa shape index (κ2) is 6.58. The standard InChI is InChI=1S/C15H22BrNO/c1-11(2)17-10-12-9-13(16)7-8-15(12)18-14-5-3-4-6-14/h7-9,11,14,17H,3-6,10H2,1-2H3. The SMILES string of the molecule is CC(C)NCc1cc(Br)ccc1OC1CCCC1. The minimum Gasteiger partial charge on any atom is -0.490 e. The zero-order valence-electron chi connectivity index (χ0n) is 11.2. The van der Waals surface area contributed by atoms with Crippen LogP contribution in [0, 0.1) is 0 Å². The average molecular weight is 312 g/mol. The van der Waals surface area contributed by atoms with E-state index in [-0.39, 0.29) is 0 Å². The Balaban J connectivity index is 2.06. The summed E-state index contributed by atoms with van der Waals surface area (Å²) in [4.78, 5) is 0. The summed E-state index contributed by atoms with van der Waals surface area (Å²) in [5.41, 5.74) is 1.24. The summed E-state index contributed by atoms with van der Waals surface area (Å²) < 4.78 is 7.25. The van der Waals surface area contributed by atoms with Gasteiger partial charge >= 0.3 is 0 Å². The van der Waals surface area contributed by atoms with E-state index in [1.807, 2.05) is 0 Å². The molecule has 1 aliphatic rings. The zero-order chi connectivity index (χ0) is 13.0. The quantitative estimate of drug-likeness (QED) is 0.877. The maximum Gasteiger partial charge on any atom is 0.124 e. The topological polar surface area (TPSA) is 21.3 Å².